The minimum atomic E-state index is -4.96. The van der Waals surface area contributed by atoms with Crippen LogP contribution in [0.3, 0.4) is 0 Å². The molecule has 0 aromatic carbocycles. The van der Waals surface area contributed by atoms with E-state index in [2.05, 4.69) is 41.5 Å². The van der Waals surface area contributed by atoms with E-state index in [1.54, 1.807) is 0 Å². The Hall–Kier alpha value is -1.94. The zero-order valence-corrected chi connectivity index (χ0v) is 65.2. The van der Waals surface area contributed by atoms with Crippen molar-refractivity contribution in [1.29, 1.82) is 0 Å². The van der Waals surface area contributed by atoms with E-state index in [0.29, 0.717) is 25.7 Å². The lowest BCUT2D eigenvalue weighted by atomic mass is 10.0. The number of carbonyl (C=O) groups is 4. The van der Waals surface area contributed by atoms with Gasteiger partial charge >= 0.3 is 39.5 Å². The molecule has 97 heavy (non-hydrogen) atoms. The van der Waals surface area contributed by atoms with Gasteiger partial charge in [0.2, 0.25) is 0 Å². The third-order valence-corrected chi connectivity index (χ3v) is 20.1. The van der Waals surface area contributed by atoms with Crippen LogP contribution >= 0.6 is 15.6 Å². The number of unbranched alkanes of at least 4 members (excludes halogenated alkanes) is 47. The summed E-state index contributed by atoms with van der Waals surface area (Å²) in [5.41, 5.74) is 0. The summed E-state index contributed by atoms with van der Waals surface area (Å²) in [6, 6.07) is 0. The number of ether oxygens (including phenoxy) is 4. The van der Waals surface area contributed by atoms with Gasteiger partial charge < -0.3 is 33.8 Å². The highest BCUT2D eigenvalue weighted by Gasteiger charge is 2.30. The highest BCUT2D eigenvalue weighted by molar-refractivity contribution is 7.47. The lowest BCUT2D eigenvalue weighted by molar-refractivity contribution is -0.161. The summed E-state index contributed by atoms with van der Waals surface area (Å²) >= 11 is 0. The number of carbonyl (C=O) groups excluding carboxylic acids is 4. The third-order valence-electron chi connectivity index (χ3n) is 18.2. The van der Waals surface area contributed by atoms with Gasteiger partial charge in [-0.15, -0.1) is 0 Å². The topological polar surface area (TPSA) is 237 Å². The number of phosphoric acid groups is 2. The van der Waals surface area contributed by atoms with Crippen LogP contribution in [0.1, 0.15) is 408 Å². The number of rotatable bonds is 77. The number of phosphoric ester groups is 2. The minimum Gasteiger partial charge on any atom is -0.462 e. The number of hydrogen-bond acceptors (Lipinski definition) is 15. The molecule has 0 rings (SSSR count). The second-order valence-corrected chi connectivity index (χ2v) is 32.0. The average molecular weight is 1420 g/mol. The highest BCUT2D eigenvalue weighted by atomic mass is 31.2. The zero-order valence-electron chi connectivity index (χ0n) is 63.4. The first kappa shape index (κ1) is 95.1. The Bertz CT molecular complexity index is 1870. The molecule has 5 atom stereocenters. The van der Waals surface area contributed by atoms with Gasteiger partial charge in [0.05, 0.1) is 26.4 Å². The molecule has 19 heteroatoms. The molecule has 0 aliphatic heterocycles. The average Bonchev–Trinajstić information content (AvgIpc) is 1.60. The van der Waals surface area contributed by atoms with Gasteiger partial charge in [0.1, 0.15) is 19.3 Å². The molecule has 576 valence electrons. The van der Waals surface area contributed by atoms with Crippen LogP contribution in [0.5, 0.6) is 0 Å². The van der Waals surface area contributed by atoms with E-state index in [-0.39, 0.29) is 25.7 Å². The molecule has 0 saturated heterocycles. The Morgan fingerprint density at radius 3 is 0.701 bits per heavy atom. The Morgan fingerprint density at radius 2 is 0.474 bits per heavy atom. The van der Waals surface area contributed by atoms with E-state index in [4.69, 9.17) is 37.0 Å². The van der Waals surface area contributed by atoms with Gasteiger partial charge in [-0.05, 0) is 37.5 Å². The van der Waals surface area contributed by atoms with Gasteiger partial charge in [-0.2, -0.15) is 0 Å². The van der Waals surface area contributed by atoms with E-state index < -0.39 is 97.5 Å². The smallest absolute Gasteiger partial charge is 0.462 e. The zero-order chi connectivity index (χ0) is 71.4. The maximum Gasteiger partial charge on any atom is 0.472 e. The summed E-state index contributed by atoms with van der Waals surface area (Å²) in [6.45, 7) is 9.64. The first-order valence-electron chi connectivity index (χ1n) is 40.5. The van der Waals surface area contributed by atoms with Crippen LogP contribution in [0.2, 0.25) is 0 Å². The molecular formula is C78H152O17P2. The molecule has 0 spiro atoms. The van der Waals surface area contributed by atoms with Crippen molar-refractivity contribution in [1.82, 2.24) is 0 Å². The van der Waals surface area contributed by atoms with Crippen LogP contribution in [-0.2, 0) is 65.4 Å². The molecule has 0 saturated carbocycles. The molecule has 2 unspecified atom stereocenters. The number of aliphatic hydroxyl groups is 1. The van der Waals surface area contributed by atoms with Crippen LogP contribution in [0.15, 0.2) is 0 Å². The summed E-state index contributed by atoms with van der Waals surface area (Å²) in [5, 5.41) is 10.6. The molecule has 0 heterocycles. The fourth-order valence-electron chi connectivity index (χ4n) is 12.0. The molecule has 0 fully saturated rings. The Kier molecular flexibility index (Phi) is 68.4. The molecule has 17 nitrogen and oxygen atoms in total. The molecule has 3 N–H and O–H groups in total. The largest absolute Gasteiger partial charge is 0.472 e. The highest BCUT2D eigenvalue weighted by Crippen LogP contribution is 2.45. The van der Waals surface area contributed by atoms with E-state index in [1.165, 1.54) is 218 Å². The van der Waals surface area contributed by atoms with Gasteiger partial charge in [-0.3, -0.25) is 37.3 Å². The normalized spacial score (nSPS) is 14.0. The molecular weight excluding hydrogens is 1270 g/mol. The summed E-state index contributed by atoms with van der Waals surface area (Å²) in [5.74, 6) is -0.519. The summed E-state index contributed by atoms with van der Waals surface area (Å²) in [6.07, 6.45) is 58.2. The van der Waals surface area contributed by atoms with E-state index in [0.717, 1.165) is 108 Å². The Balaban J connectivity index is 5.21. The molecule has 0 aromatic heterocycles. The number of esters is 4. The van der Waals surface area contributed by atoms with Gasteiger partial charge in [-0.25, -0.2) is 9.13 Å². The lowest BCUT2D eigenvalue weighted by Gasteiger charge is -2.21. The van der Waals surface area contributed by atoms with E-state index >= 15 is 0 Å². The first-order valence-corrected chi connectivity index (χ1v) is 43.5. The van der Waals surface area contributed by atoms with Gasteiger partial charge in [0.15, 0.2) is 12.2 Å². The summed E-state index contributed by atoms with van der Waals surface area (Å²) in [7, 11) is -9.91. The van der Waals surface area contributed by atoms with Crippen LogP contribution in [0, 0.1) is 11.8 Å². The van der Waals surface area contributed by atoms with Gasteiger partial charge in [0.25, 0.3) is 0 Å². The second-order valence-electron chi connectivity index (χ2n) is 29.1. The van der Waals surface area contributed by atoms with Crippen molar-refractivity contribution in [2.75, 3.05) is 39.6 Å². The van der Waals surface area contributed by atoms with Crippen molar-refractivity contribution in [2.45, 2.75) is 426 Å². The van der Waals surface area contributed by atoms with Crippen LogP contribution in [-0.4, -0.2) is 96.7 Å². The lowest BCUT2D eigenvalue weighted by Crippen LogP contribution is -2.30. The summed E-state index contributed by atoms with van der Waals surface area (Å²) in [4.78, 5) is 72.8. The molecule has 0 aromatic rings. The SMILES string of the molecule is CCCCCCCCCCCCCCCCCC(=O)O[C@H](COC(=O)CCCCCCCCCC)COP(=O)(O)OC[C@H](O)COP(=O)(O)OC[C@@H](COC(=O)CCCCCCCCCCCCCCCCC(C)C)OC(=O)CCCCCCCCCCCCCCCCC(C)C. The number of aliphatic hydroxyl groups excluding tert-OH is 1. The van der Waals surface area contributed by atoms with Crippen molar-refractivity contribution in [3.8, 4) is 0 Å². The predicted molar refractivity (Wildman–Crippen MR) is 395 cm³/mol. The molecule has 0 radical (unpaired) electrons. The molecule has 0 bridgehead atoms. The maximum atomic E-state index is 13.1. The van der Waals surface area contributed by atoms with Gasteiger partial charge in [0, 0.05) is 25.7 Å². The fourth-order valence-corrected chi connectivity index (χ4v) is 13.6. The molecule has 0 amide bonds. The van der Waals surface area contributed by atoms with Crippen molar-refractivity contribution in [3.63, 3.8) is 0 Å². The fraction of sp³-hybridized carbons (Fsp3) is 0.949. The maximum absolute atomic E-state index is 13.1. The second kappa shape index (κ2) is 69.8. The van der Waals surface area contributed by atoms with Crippen molar-refractivity contribution >= 4 is 39.5 Å². The monoisotopic (exact) mass is 1420 g/mol. The van der Waals surface area contributed by atoms with Crippen LogP contribution < -0.4 is 0 Å². The van der Waals surface area contributed by atoms with Crippen LogP contribution in [0.4, 0.5) is 0 Å². The van der Waals surface area contributed by atoms with Crippen molar-refractivity contribution in [2.24, 2.45) is 11.8 Å². The quantitative estimate of drug-likeness (QED) is 0.0222. The Morgan fingerprint density at radius 1 is 0.278 bits per heavy atom. The van der Waals surface area contributed by atoms with Crippen molar-refractivity contribution < 1.29 is 80.2 Å². The third kappa shape index (κ3) is 72.2. The molecule has 0 aliphatic rings. The molecule has 0 aliphatic carbocycles. The predicted octanol–water partition coefficient (Wildman–Crippen LogP) is 23.1. The standard InChI is InChI=1S/C78H152O17P2/c1-7-9-11-13-15-17-18-19-20-28-33-38-44-50-56-62-77(82)94-73(66-88-75(80)60-54-48-42-16-14-12-10-8-2)68-92-96(84,85)90-64-72(79)65-91-97(86,87)93-69-74(95-78(83)63-57-51-45-39-34-29-24-22-26-31-36-41-47-53-59-71(5)6)67-89-76(81)61-55-49-43-37-32-27-23-21-25-30-35-40-46-52-58-70(3)4/h70-74,79H,7-69H2,1-6H3,(H,84,85)(H,86,87)/t72-,73+,74+/m0/s1. The van der Waals surface area contributed by atoms with Crippen LogP contribution in [0.25, 0.3) is 0 Å². The van der Waals surface area contributed by atoms with E-state index in [1.807, 2.05) is 0 Å². The van der Waals surface area contributed by atoms with Crippen molar-refractivity contribution in [3.05, 3.63) is 0 Å². The van der Waals surface area contributed by atoms with Gasteiger partial charge in [-0.1, -0.05) is 356 Å². The summed E-state index contributed by atoms with van der Waals surface area (Å²) < 4.78 is 68.6. The minimum absolute atomic E-state index is 0.108. The Labute approximate surface area is 594 Å². The van der Waals surface area contributed by atoms with E-state index in [9.17, 15) is 43.2 Å². The number of hydrogen-bond donors (Lipinski definition) is 3. The first-order chi connectivity index (χ1) is 46.9.